The molecule has 4 aliphatic rings. The van der Waals surface area contributed by atoms with Crippen LogP contribution >= 0.6 is 0 Å². The molecule has 0 spiro atoms. The van der Waals surface area contributed by atoms with E-state index in [2.05, 4.69) is 30.4 Å². The number of aliphatic hydroxyl groups is 1. The summed E-state index contributed by atoms with van der Waals surface area (Å²) in [6.45, 7) is 6.13. The SMILES string of the molecule is CC(=O)[C@H]1CC[C@H]2[C@@H]3CCC4=C/C(=N\OCC(=O)N[C@H](C(=O)O)[C@H](O)c5ccccc5)CC[C@]4(C)[C@H]3CC[C@]12C. The van der Waals surface area contributed by atoms with E-state index in [0.717, 1.165) is 50.7 Å². The lowest BCUT2D eigenvalue weighted by Gasteiger charge is -2.58. The Morgan fingerprint density at radius 2 is 1.80 bits per heavy atom. The zero-order valence-corrected chi connectivity index (χ0v) is 23.8. The van der Waals surface area contributed by atoms with E-state index in [0.29, 0.717) is 29.1 Å². The first kappa shape index (κ1) is 28.5. The third-order valence-electron chi connectivity index (χ3n) is 10.9. The minimum Gasteiger partial charge on any atom is -0.480 e. The molecule has 8 atom stereocenters. The Hall–Kier alpha value is -3.00. The van der Waals surface area contributed by atoms with E-state index in [1.807, 2.05) is 0 Å². The number of carboxylic acids is 1. The van der Waals surface area contributed by atoms with Crippen LogP contribution in [0.2, 0.25) is 0 Å². The molecule has 8 nitrogen and oxygen atoms in total. The third-order valence-corrected chi connectivity index (χ3v) is 10.9. The quantitative estimate of drug-likeness (QED) is 0.398. The molecule has 0 aliphatic heterocycles. The van der Waals surface area contributed by atoms with Crippen molar-refractivity contribution in [1.29, 1.82) is 0 Å². The summed E-state index contributed by atoms with van der Waals surface area (Å²) in [4.78, 5) is 41.9. The van der Waals surface area contributed by atoms with E-state index in [-0.39, 0.29) is 16.7 Å². The Labute approximate surface area is 236 Å². The summed E-state index contributed by atoms with van der Waals surface area (Å²) in [5, 5.41) is 26.6. The Morgan fingerprint density at radius 1 is 1.05 bits per heavy atom. The molecule has 3 N–H and O–H groups in total. The van der Waals surface area contributed by atoms with Gasteiger partial charge in [0.25, 0.3) is 5.91 Å². The Morgan fingerprint density at radius 3 is 2.50 bits per heavy atom. The van der Waals surface area contributed by atoms with Gasteiger partial charge in [-0.05, 0) is 98.5 Å². The maximum absolute atomic E-state index is 12.4. The van der Waals surface area contributed by atoms with Gasteiger partial charge in [-0.1, -0.05) is 54.9 Å². The minimum atomic E-state index is -1.50. The zero-order valence-electron chi connectivity index (χ0n) is 23.8. The number of carbonyl (C=O) groups is 3. The molecule has 0 heterocycles. The number of rotatable bonds is 8. The second kappa shape index (κ2) is 11.1. The number of fused-ring (bicyclic) bond motifs is 5. The van der Waals surface area contributed by atoms with Crippen LogP contribution in [0.1, 0.15) is 83.8 Å². The van der Waals surface area contributed by atoms with Gasteiger partial charge in [0.15, 0.2) is 12.6 Å². The lowest BCUT2D eigenvalue weighted by atomic mass is 9.46. The Bertz CT molecular complexity index is 1210. The maximum atomic E-state index is 12.4. The fraction of sp³-hybridized carbons (Fsp3) is 0.625. The van der Waals surface area contributed by atoms with Gasteiger partial charge in [-0.2, -0.15) is 0 Å². The molecule has 40 heavy (non-hydrogen) atoms. The second-order valence-electron chi connectivity index (χ2n) is 12.9. The molecule has 0 saturated heterocycles. The molecule has 8 heteroatoms. The average molecular weight is 551 g/mol. The average Bonchev–Trinajstić information content (AvgIpc) is 3.29. The molecule has 0 bridgehead atoms. The van der Waals surface area contributed by atoms with Crippen molar-refractivity contribution in [2.45, 2.75) is 84.3 Å². The van der Waals surface area contributed by atoms with Crippen molar-refractivity contribution in [1.82, 2.24) is 5.32 Å². The first-order chi connectivity index (χ1) is 19.0. The van der Waals surface area contributed by atoms with Crippen molar-refractivity contribution >= 4 is 23.4 Å². The summed E-state index contributed by atoms with van der Waals surface area (Å²) in [5.41, 5.74) is 2.88. The van der Waals surface area contributed by atoms with Crippen LogP contribution < -0.4 is 5.32 Å². The van der Waals surface area contributed by atoms with Crippen LogP contribution in [0, 0.1) is 34.5 Å². The highest BCUT2D eigenvalue weighted by Crippen LogP contribution is 2.66. The van der Waals surface area contributed by atoms with Crippen molar-refractivity contribution in [2.24, 2.45) is 39.7 Å². The number of Topliss-reactive ketones (excluding diaryl/α,β-unsaturated/α-hetero) is 1. The van der Waals surface area contributed by atoms with E-state index in [1.165, 1.54) is 12.0 Å². The molecule has 1 amide bonds. The van der Waals surface area contributed by atoms with Crippen LogP contribution in [0.5, 0.6) is 0 Å². The van der Waals surface area contributed by atoms with Gasteiger partial charge in [-0.25, -0.2) is 4.79 Å². The summed E-state index contributed by atoms with van der Waals surface area (Å²) in [6.07, 6.45) is 9.17. The van der Waals surface area contributed by atoms with Crippen molar-refractivity contribution in [3.8, 4) is 0 Å². The standard InChI is InChI=1S/C32H42N2O6/c1-19(35)24-11-12-25-23-10-9-21-17-22(13-15-31(21,2)26(23)14-16-32(24,25)3)34-40-18-27(36)33-28(30(38)39)29(37)20-7-5-4-6-8-20/h4-8,17,23-26,28-29,37H,9-16,18H2,1-3H3,(H,33,36)(H,38,39)/b34-22-/t23-,24+,25-,26-,28-,29+,31-,32+/m0/s1. The highest BCUT2D eigenvalue weighted by atomic mass is 16.6. The monoisotopic (exact) mass is 550 g/mol. The first-order valence-corrected chi connectivity index (χ1v) is 14.7. The number of aliphatic carboxylic acids is 1. The highest BCUT2D eigenvalue weighted by Gasteiger charge is 2.59. The lowest BCUT2D eigenvalue weighted by molar-refractivity contribution is -0.146. The van der Waals surface area contributed by atoms with Gasteiger partial charge < -0.3 is 20.4 Å². The smallest absolute Gasteiger partial charge is 0.329 e. The van der Waals surface area contributed by atoms with Gasteiger partial charge >= 0.3 is 5.97 Å². The van der Waals surface area contributed by atoms with E-state index in [9.17, 15) is 24.6 Å². The number of aliphatic hydroxyl groups excluding tert-OH is 1. The third kappa shape index (κ3) is 5.11. The number of nitrogens with zero attached hydrogens (tertiary/aromatic N) is 1. The van der Waals surface area contributed by atoms with Crippen LogP contribution in [0.4, 0.5) is 0 Å². The van der Waals surface area contributed by atoms with Gasteiger partial charge in [-0.15, -0.1) is 0 Å². The molecule has 5 rings (SSSR count). The van der Waals surface area contributed by atoms with Crippen LogP contribution in [0.25, 0.3) is 0 Å². The number of oxime groups is 1. The fourth-order valence-electron chi connectivity index (χ4n) is 8.82. The largest absolute Gasteiger partial charge is 0.480 e. The molecule has 1 aromatic carbocycles. The second-order valence-corrected chi connectivity index (χ2v) is 12.9. The van der Waals surface area contributed by atoms with Crippen LogP contribution in [-0.2, 0) is 19.2 Å². The highest BCUT2D eigenvalue weighted by molar-refractivity contribution is 5.96. The zero-order chi connectivity index (χ0) is 28.7. The number of allylic oxidation sites excluding steroid dienone is 2. The molecule has 216 valence electrons. The molecule has 1 aromatic rings. The Kier molecular flexibility index (Phi) is 7.92. The number of amides is 1. The lowest BCUT2D eigenvalue weighted by Crippen LogP contribution is -2.51. The Balaban J connectivity index is 1.20. The number of benzene rings is 1. The summed E-state index contributed by atoms with van der Waals surface area (Å²) < 4.78 is 0. The maximum Gasteiger partial charge on any atom is 0.329 e. The van der Waals surface area contributed by atoms with Gasteiger partial charge in [0.2, 0.25) is 0 Å². The van der Waals surface area contributed by atoms with Gasteiger partial charge in [0, 0.05) is 5.92 Å². The van der Waals surface area contributed by atoms with Gasteiger partial charge in [0.1, 0.15) is 11.9 Å². The summed E-state index contributed by atoms with van der Waals surface area (Å²) >= 11 is 0. The van der Waals surface area contributed by atoms with E-state index >= 15 is 0 Å². The van der Waals surface area contributed by atoms with E-state index in [4.69, 9.17) is 4.84 Å². The predicted molar refractivity (Wildman–Crippen MR) is 150 cm³/mol. The van der Waals surface area contributed by atoms with Crippen LogP contribution in [-0.4, -0.2) is 46.2 Å². The molecule has 4 aliphatic carbocycles. The van der Waals surface area contributed by atoms with Gasteiger partial charge in [-0.3, -0.25) is 9.59 Å². The molecule has 0 radical (unpaired) electrons. The minimum absolute atomic E-state index is 0.122. The summed E-state index contributed by atoms with van der Waals surface area (Å²) in [7, 11) is 0. The molecule has 0 unspecified atom stereocenters. The van der Waals surface area contributed by atoms with Crippen LogP contribution in [0.15, 0.2) is 47.1 Å². The summed E-state index contributed by atoms with van der Waals surface area (Å²) in [5.74, 6) is 0.502. The number of ketones is 1. The van der Waals surface area contributed by atoms with Crippen molar-refractivity contribution < 1.29 is 29.4 Å². The molecule has 3 saturated carbocycles. The molecular formula is C32H42N2O6. The molecular weight excluding hydrogens is 508 g/mol. The number of carboxylic acid groups (broad SMARTS) is 1. The topological polar surface area (TPSA) is 125 Å². The van der Waals surface area contributed by atoms with Crippen molar-refractivity contribution in [3.63, 3.8) is 0 Å². The number of nitrogens with one attached hydrogen (secondary N) is 1. The number of carbonyl (C=O) groups excluding carboxylic acids is 2. The predicted octanol–water partition coefficient (Wildman–Crippen LogP) is 4.83. The molecule has 0 aromatic heterocycles. The summed E-state index contributed by atoms with van der Waals surface area (Å²) in [6, 6.07) is 6.86. The number of hydrogen-bond acceptors (Lipinski definition) is 6. The van der Waals surface area contributed by atoms with Crippen molar-refractivity contribution in [2.75, 3.05) is 6.61 Å². The van der Waals surface area contributed by atoms with E-state index < -0.39 is 30.6 Å². The van der Waals surface area contributed by atoms with Crippen LogP contribution in [0.3, 0.4) is 0 Å². The van der Waals surface area contributed by atoms with Crippen molar-refractivity contribution in [3.05, 3.63) is 47.5 Å². The first-order valence-electron chi connectivity index (χ1n) is 14.7. The van der Waals surface area contributed by atoms with Gasteiger partial charge in [0.05, 0.1) is 5.71 Å². The van der Waals surface area contributed by atoms with E-state index in [1.54, 1.807) is 37.3 Å². The fourth-order valence-corrected chi connectivity index (χ4v) is 8.82. The normalized spacial score (nSPS) is 35.4. The molecule has 3 fully saturated rings. The number of hydrogen-bond donors (Lipinski definition) is 3.